The van der Waals surface area contributed by atoms with Crippen molar-refractivity contribution >= 4 is 16.9 Å². The largest absolute Gasteiger partial charge is 0.484 e. The zero-order valence-electron chi connectivity index (χ0n) is 12.7. The summed E-state index contributed by atoms with van der Waals surface area (Å²) in [7, 11) is 0. The molecular formula is C17H19NO4. The smallest absolute Gasteiger partial charge is 0.336 e. The van der Waals surface area contributed by atoms with Gasteiger partial charge in [-0.1, -0.05) is 0 Å². The van der Waals surface area contributed by atoms with Gasteiger partial charge in [-0.3, -0.25) is 4.79 Å². The highest BCUT2D eigenvalue weighted by atomic mass is 16.5. The lowest BCUT2D eigenvalue weighted by Gasteiger charge is -2.13. The first-order chi connectivity index (χ1) is 10.5. The van der Waals surface area contributed by atoms with Crippen LogP contribution in [0.4, 0.5) is 0 Å². The van der Waals surface area contributed by atoms with E-state index in [1.165, 1.54) is 18.9 Å². The van der Waals surface area contributed by atoms with E-state index in [1.807, 2.05) is 19.9 Å². The minimum absolute atomic E-state index is 0.0430. The summed E-state index contributed by atoms with van der Waals surface area (Å²) in [6.45, 7) is 3.83. The highest BCUT2D eigenvalue weighted by molar-refractivity contribution is 5.81. The van der Waals surface area contributed by atoms with Crippen molar-refractivity contribution in [3.05, 3.63) is 40.2 Å². The molecule has 2 aromatic rings. The molecule has 0 bridgehead atoms. The maximum atomic E-state index is 11.8. The Bertz CT molecular complexity index is 761. The third-order valence-electron chi connectivity index (χ3n) is 4.01. The molecule has 0 aliphatic heterocycles. The average Bonchev–Trinajstić information content (AvgIpc) is 3.29. The van der Waals surface area contributed by atoms with Gasteiger partial charge in [-0.05, 0) is 50.3 Å². The van der Waals surface area contributed by atoms with E-state index in [2.05, 4.69) is 5.32 Å². The maximum absolute atomic E-state index is 11.8. The maximum Gasteiger partial charge on any atom is 0.336 e. The van der Waals surface area contributed by atoms with Crippen molar-refractivity contribution in [2.75, 3.05) is 6.61 Å². The molecule has 1 heterocycles. The van der Waals surface area contributed by atoms with E-state index in [1.54, 1.807) is 12.1 Å². The van der Waals surface area contributed by atoms with Crippen molar-refractivity contribution in [3.63, 3.8) is 0 Å². The van der Waals surface area contributed by atoms with Crippen LogP contribution in [0.25, 0.3) is 11.0 Å². The van der Waals surface area contributed by atoms with Crippen LogP contribution in [0.1, 0.15) is 25.3 Å². The molecule has 0 unspecified atom stereocenters. The molecule has 1 aliphatic rings. The van der Waals surface area contributed by atoms with Crippen LogP contribution >= 0.6 is 0 Å². The standard InChI is InChI=1S/C17H19NO4/c1-10-7-17(20)22-15-8-13(5-6-14(10)15)21-9-16(19)18-11(2)12-3-4-12/h5-8,11-12H,3-4,9H2,1-2H3,(H,18,19)/t11-/m0/s1. The topological polar surface area (TPSA) is 68.5 Å². The van der Waals surface area contributed by atoms with Crippen molar-refractivity contribution in [2.24, 2.45) is 5.92 Å². The Labute approximate surface area is 128 Å². The van der Waals surface area contributed by atoms with E-state index in [9.17, 15) is 9.59 Å². The van der Waals surface area contributed by atoms with E-state index in [4.69, 9.17) is 9.15 Å². The molecule has 0 radical (unpaired) electrons. The van der Waals surface area contributed by atoms with Gasteiger partial charge in [0.2, 0.25) is 0 Å². The quantitative estimate of drug-likeness (QED) is 0.861. The lowest BCUT2D eigenvalue weighted by molar-refractivity contribution is -0.123. The van der Waals surface area contributed by atoms with Gasteiger partial charge in [0, 0.05) is 23.6 Å². The fourth-order valence-corrected chi connectivity index (χ4v) is 2.55. The summed E-state index contributed by atoms with van der Waals surface area (Å²) < 4.78 is 10.6. The van der Waals surface area contributed by atoms with Crippen LogP contribution in [0, 0.1) is 12.8 Å². The first-order valence-corrected chi connectivity index (χ1v) is 7.49. The van der Waals surface area contributed by atoms with Gasteiger partial charge >= 0.3 is 5.63 Å². The van der Waals surface area contributed by atoms with Crippen LogP contribution in [0.3, 0.4) is 0 Å². The second kappa shape index (κ2) is 5.83. The zero-order chi connectivity index (χ0) is 15.7. The van der Waals surface area contributed by atoms with Gasteiger partial charge in [0.15, 0.2) is 6.61 Å². The van der Waals surface area contributed by atoms with E-state index in [-0.39, 0.29) is 18.6 Å². The Morgan fingerprint density at radius 2 is 2.18 bits per heavy atom. The molecule has 1 N–H and O–H groups in total. The van der Waals surface area contributed by atoms with Crippen molar-refractivity contribution in [2.45, 2.75) is 32.7 Å². The van der Waals surface area contributed by atoms with Gasteiger partial charge in [0.1, 0.15) is 11.3 Å². The highest BCUT2D eigenvalue weighted by Crippen LogP contribution is 2.32. The SMILES string of the molecule is Cc1cc(=O)oc2cc(OCC(=O)N[C@@H](C)C3CC3)ccc12. The number of ether oxygens (including phenoxy) is 1. The minimum atomic E-state index is -0.391. The Balaban J connectivity index is 1.66. The lowest BCUT2D eigenvalue weighted by atomic mass is 10.1. The highest BCUT2D eigenvalue weighted by Gasteiger charge is 2.28. The van der Waals surface area contributed by atoms with Crippen LogP contribution < -0.4 is 15.7 Å². The molecule has 1 saturated carbocycles. The molecule has 116 valence electrons. The Morgan fingerprint density at radius 3 is 2.91 bits per heavy atom. The molecule has 1 fully saturated rings. The molecule has 0 saturated heterocycles. The number of hydrogen-bond donors (Lipinski definition) is 1. The number of fused-ring (bicyclic) bond motifs is 1. The van der Waals surface area contributed by atoms with Gasteiger partial charge in [0.05, 0.1) is 0 Å². The normalized spacial score (nSPS) is 15.5. The summed E-state index contributed by atoms with van der Waals surface area (Å²) >= 11 is 0. The number of nitrogens with one attached hydrogen (secondary N) is 1. The summed E-state index contributed by atoms with van der Waals surface area (Å²) in [5.41, 5.74) is 0.932. The number of aryl methyl sites for hydroxylation is 1. The fraction of sp³-hybridized carbons (Fsp3) is 0.412. The van der Waals surface area contributed by atoms with Crippen molar-refractivity contribution in [1.82, 2.24) is 5.32 Å². The first kappa shape index (κ1) is 14.6. The first-order valence-electron chi connectivity index (χ1n) is 7.49. The minimum Gasteiger partial charge on any atom is -0.484 e. The number of amides is 1. The summed E-state index contributed by atoms with van der Waals surface area (Å²) in [6.07, 6.45) is 2.37. The average molecular weight is 301 g/mol. The molecule has 5 heteroatoms. The molecule has 1 amide bonds. The van der Waals surface area contributed by atoms with Crippen molar-refractivity contribution in [3.8, 4) is 5.75 Å². The number of rotatable bonds is 5. The Morgan fingerprint density at radius 1 is 1.41 bits per heavy atom. The third-order valence-corrected chi connectivity index (χ3v) is 4.01. The lowest BCUT2D eigenvalue weighted by Crippen LogP contribution is -2.37. The van der Waals surface area contributed by atoms with Gasteiger partial charge in [-0.15, -0.1) is 0 Å². The molecule has 22 heavy (non-hydrogen) atoms. The van der Waals surface area contributed by atoms with Crippen LogP contribution in [-0.4, -0.2) is 18.6 Å². The molecule has 1 aromatic carbocycles. The second-order valence-electron chi connectivity index (χ2n) is 5.89. The van der Waals surface area contributed by atoms with Crippen LogP contribution in [0.2, 0.25) is 0 Å². The second-order valence-corrected chi connectivity index (χ2v) is 5.89. The van der Waals surface area contributed by atoms with Crippen molar-refractivity contribution < 1.29 is 13.9 Å². The molecule has 1 atom stereocenters. The van der Waals surface area contributed by atoms with E-state index >= 15 is 0 Å². The zero-order valence-corrected chi connectivity index (χ0v) is 12.7. The predicted octanol–water partition coefficient (Wildman–Crippen LogP) is 2.39. The number of benzene rings is 1. The summed E-state index contributed by atoms with van der Waals surface area (Å²) in [6, 6.07) is 6.89. The van der Waals surface area contributed by atoms with Crippen LogP contribution in [0.5, 0.6) is 5.75 Å². The summed E-state index contributed by atoms with van der Waals surface area (Å²) in [5, 5.41) is 3.79. The predicted molar refractivity (Wildman–Crippen MR) is 83.0 cm³/mol. The van der Waals surface area contributed by atoms with E-state index in [0.29, 0.717) is 17.3 Å². The molecule has 1 aliphatic carbocycles. The van der Waals surface area contributed by atoms with Gasteiger partial charge in [-0.2, -0.15) is 0 Å². The molecule has 0 spiro atoms. The van der Waals surface area contributed by atoms with Crippen LogP contribution in [0.15, 0.2) is 33.5 Å². The van der Waals surface area contributed by atoms with Crippen LogP contribution in [-0.2, 0) is 4.79 Å². The Hall–Kier alpha value is -2.30. The van der Waals surface area contributed by atoms with Gasteiger partial charge in [-0.25, -0.2) is 4.79 Å². The molecule has 3 rings (SSSR count). The Kier molecular flexibility index (Phi) is 3.88. The van der Waals surface area contributed by atoms with E-state index < -0.39 is 5.63 Å². The molecule has 1 aromatic heterocycles. The number of hydrogen-bond acceptors (Lipinski definition) is 4. The summed E-state index contributed by atoms with van der Waals surface area (Å²) in [4.78, 5) is 23.2. The van der Waals surface area contributed by atoms with E-state index in [0.717, 1.165) is 10.9 Å². The monoisotopic (exact) mass is 301 g/mol. The third kappa shape index (κ3) is 3.30. The van der Waals surface area contributed by atoms with Crippen molar-refractivity contribution in [1.29, 1.82) is 0 Å². The number of carbonyl (C=O) groups excluding carboxylic acids is 1. The molecule has 5 nitrogen and oxygen atoms in total. The fourth-order valence-electron chi connectivity index (χ4n) is 2.55. The summed E-state index contributed by atoms with van der Waals surface area (Å²) in [5.74, 6) is 0.988. The van der Waals surface area contributed by atoms with Gasteiger partial charge in [0.25, 0.3) is 5.91 Å². The molecular weight excluding hydrogens is 282 g/mol. The van der Waals surface area contributed by atoms with Gasteiger partial charge < -0.3 is 14.5 Å². The number of carbonyl (C=O) groups is 1.